The summed E-state index contributed by atoms with van der Waals surface area (Å²) in [4.78, 5) is 32.5. The molecule has 0 spiro atoms. The zero-order valence-electron chi connectivity index (χ0n) is 19.2. The van der Waals surface area contributed by atoms with Crippen LogP contribution in [0.15, 0.2) is 66.2 Å². The lowest BCUT2D eigenvalue weighted by atomic mass is 9.95. The molecule has 2 heterocycles. The van der Waals surface area contributed by atoms with E-state index in [1.165, 1.54) is 40.5 Å². The van der Waals surface area contributed by atoms with Crippen molar-refractivity contribution in [1.82, 2.24) is 4.98 Å². The van der Waals surface area contributed by atoms with Gasteiger partial charge in [-0.3, -0.25) is 14.5 Å². The third-order valence-electron chi connectivity index (χ3n) is 6.04. The molecule has 1 aromatic heterocycles. The quantitative estimate of drug-likeness (QED) is 0.227. The van der Waals surface area contributed by atoms with Crippen molar-refractivity contribution in [3.63, 3.8) is 0 Å². The molecule has 1 fully saturated rings. The lowest BCUT2D eigenvalue weighted by Crippen LogP contribution is -2.29. The fourth-order valence-electron chi connectivity index (χ4n) is 4.29. The van der Waals surface area contributed by atoms with Crippen molar-refractivity contribution in [1.29, 1.82) is 0 Å². The summed E-state index contributed by atoms with van der Waals surface area (Å²) in [5, 5.41) is 11.6. The first-order valence-electron chi connectivity index (χ1n) is 10.9. The Morgan fingerprint density at radius 2 is 1.80 bits per heavy atom. The van der Waals surface area contributed by atoms with E-state index in [2.05, 4.69) is 4.98 Å². The number of benzene rings is 3. The number of aromatic nitrogens is 1. The van der Waals surface area contributed by atoms with Gasteiger partial charge in [-0.2, -0.15) is 0 Å². The summed E-state index contributed by atoms with van der Waals surface area (Å²) in [7, 11) is 1.54. The molecular weight excluding hydrogens is 467 g/mol. The van der Waals surface area contributed by atoms with E-state index >= 15 is 0 Å². The second-order valence-corrected chi connectivity index (χ2v) is 9.38. The molecule has 1 aliphatic rings. The molecule has 1 amide bonds. The number of thiazole rings is 1. The minimum absolute atomic E-state index is 0.0818. The molecule has 0 saturated carbocycles. The Balaban J connectivity index is 1.72. The maximum Gasteiger partial charge on any atom is 0.301 e. The van der Waals surface area contributed by atoms with Gasteiger partial charge in [0.25, 0.3) is 5.78 Å². The van der Waals surface area contributed by atoms with E-state index in [4.69, 9.17) is 4.74 Å². The van der Waals surface area contributed by atoms with Gasteiger partial charge >= 0.3 is 5.91 Å². The SMILES string of the molecule is COc1ccc(C(O)=C2C(=O)C(=O)N(c3nc4ccc(C)cc4s3)[C@H]2c2ccc(F)cc2)cc1C. The molecule has 0 aliphatic carbocycles. The van der Waals surface area contributed by atoms with Crippen molar-refractivity contribution in [3.8, 4) is 5.75 Å². The van der Waals surface area contributed by atoms with Gasteiger partial charge in [-0.15, -0.1) is 0 Å². The summed E-state index contributed by atoms with van der Waals surface area (Å²) >= 11 is 1.28. The molecule has 0 bridgehead atoms. The number of amides is 1. The van der Waals surface area contributed by atoms with Crippen LogP contribution in [0.5, 0.6) is 5.75 Å². The molecule has 3 aromatic carbocycles. The van der Waals surface area contributed by atoms with Crippen molar-refractivity contribution < 1.29 is 23.8 Å². The van der Waals surface area contributed by atoms with Crippen molar-refractivity contribution in [2.24, 2.45) is 0 Å². The summed E-state index contributed by atoms with van der Waals surface area (Å²) in [6, 6.07) is 15.3. The highest BCUT2D eigenvalue weighted by Gasteiger charge is 2.48. The molecular formula is C27H21FN2O4S. The average molecular weight is 489 g/mol. The number of ketones is 1. The van der Waals surface area contributed by atoms with E-state index < -0.39 is 23.5 Å². The Hall–Kier alpha value is -4.04. The van der Waals surface area contributed by atoms with Crippen LogP contribution in [0.25, 0.3) is 16.0 Å². The van der Waals surface area contributed by atoms with E-state index in [9.17, 15) is 19.1 Å². The number of carbonyl (C=O) groups is 2. The molecule has 176 valence electrons. The third kappa shape index (κ3) is 3.85. The van der Waals surface area contributed by atoms with Crippen molar-refractivity contribution in [2.75, 3.05) is 12.0 Å². The lowest BCUT2D eigenvalue weighted by molar-refractivity contribution is -0.132. The molecule has 0 radical (unpaired) electrons. The second kappa shape index (κ2) is 8.63. The number of rotatable bonds is 4. The highest BCUT2D eigenvalue weighted by atomic mass is 32.1. The highest BCUT2D eigenvalue weighted by molar-refractivity contribution is 7.22. The minimum Gasteiger partial charge on any atom is -0.507 e. The maximum absolute atomic E-state index is 13.7. The Kier molecular flexibility index (Phi) is 5.61. The van der Waals surface area contributed by atoms with Crippen molar-refractivity contribution >= 4 is 44.1 Å². The fourth-order valence-corrected chi connectivity index (χ4v) is 5.38. The number of fused-ring (bicyclic) bond motifs is 1. The summed E-state index contributed by atoms with van der Waals surface area (Å²) in [5.74, 6) is -1.78. The Morgan fingerprint density at radius 1 is 1.06 bits per heavy atom. The lowest BCUT2D eigenvalue weighted by Gasteiger charge is -2.23. The third-order valence-corrected chi connectivity index (χ3v) is 7.05. The number of methoxy groups -OCH3 is 1. The maximum atomic E-state index is 13.7. The number of aryl methyl sites for hydroxylation is 2. The van der Waals surface area contributed by atoms with Gasteiger partial charge in [-0.25, -0.2) is 9.37 Å². The number of Topliss-reactive ketones (excluding diaryl/α,β-unsaturated/α-hetero) is 1. The van der Waals surface area contributed by atoms with Gasteiger partial charge in [0.15, 0.2) is 5.13 Å². The molecule has 1 N–H and O–H groups in total. The fraction of sp³-hybridized carbons (Fsp3) is 0.148. The number of halogens is 1. The predicted molar refractivity (Wildman–Crippen MR) is 133 cm³/mol. The molecule has 5 rings (SSSR count). The normalized spacial score (nSPS) is 17.4. The van der Waals surface area contributed by atoms with Gasteiger partial charge in [0, 0.05) is 5.56 Å². The average Bonchev–Trinajstić information content (AvgIpc) is 3.37. The summed E-state index contributed by atoms with van der Waals surface area (Å²) < 4.78 is 19.9. The standard InChI is InChI=1S/C27H21FN2O4S/c1-14-4-10-19-21(12-14)35-27(29-19)30-23(16-5-8-18(28)9-6-16)22(25(32)26(30)33)24(31)17-7-11-20(34-3)15(2)13-17/h4-13,23,31H,1-3H3/t23-/m0/s1. The Labute approximate surface area is 204 Å². The van der Waals surface area contributed by atoms with Crippen LogP contribution in [0.1, 0.15) is 28.3 Å². The largest absolute Gasteiger partial charge is 0.507 e. The topological polar surface area (TPSA) is 79.7 Å². The molecule has 1 atom stereocenters. The molecule has 8 heteroatoms. The van der Waals surface area contributed by atoms with Crippen LogP contribution in [0, 0.1) is 19.7 Å². The summed E-state index contributed by atoms with van der Waals surface area (Å²) in [5.41, 5.74) is 3.26. The van der Waals surface area contributed by atoms with Crippen LogP contribution >= 0.6 is 11.3 Å². The first kappa shape index (κ1) is 22.7. The Morgan fingerprint density at radius 3 is 2.49 bits per heavy atom. The van der Waals surface area contributed by atoms with Crippen LogP contribution < -0.4 is 9.64 Å². The number of anilines is 1. The van der Waals surface area contributed by atoms with Crippen LogP contribution in [-0.2, 0) is 9.59 Å². The van der Waals surface area contributed by atoms with Crippen molar-refractivity contribution in [2.45, 2.75) is 19.9 Å². The molecule has 6 nitrogen and oxygen atoms in total. The monoisotopic (exact) mass is 488 g/mol. The minimum atomic E-state index is -0.973. The summed E-state index contributed by atoms with van der Waals surface area (Å²) in [6.45, 7) is 3.77. The van der Waals surface area contributed by atoms with Gasteiger partial charge < -0.3 is 9.84 Å². The molecule has 35 heavy (non-hydrogen) atoms. The predicted octanol–water partition coefficient (Wildman–Crippen LogP) is 5.69. The Bertz CT molecular complexity index is 1520. The molecule has 1 saturated heterocycles. The number of nitrogens with zero attached hydrogens (tertiary/aromatic N) is 2. The van der Waals surface area contributed by atoms with E-state index in [-0.39, 0.29) is 11.3 Å². The van der Waals surface area contributed by atoms with Gasteiger partial charge in [0.1, 0.15) is 17.3 Å². The van der Waals surface area contributed by atoms with E-state index in [1.54, 1.807) is 25.3 Å². The van der Waals surface area contributed by atoms with E-state index in [0.717, 1.165) is 15.8 Å². The zero-order chi connectivity index (χ0) is 24.9. The van der Waals surface area contributed by atoms with Crippen LogP contribution in [-0.4, -0.2) is 28.9 Å². The van der Waals surface area contributed by atoms with Gasteiger partial charge in [0.05, 0.1) is 28.9 Å². The van der Waals surface area contributed by atoms with Gasteiger partial charge in [0.2, 0.25) is 0 Å². The first-order chi connectivity index (χ1) is 16.8. The van der Waals surface area contributed by atoms with Gasteiger partial charge in [-0.05, 0) is 73.0 Å². The molecule has 1 aliphatic heterocycles. The number of ether oxygens (including phenoxy) is 1. The molecule has 0 unspecified atom stereocenters. The van der Waals surface area contributed by atoms with Crippen LogP contribution in [0.3, 0.4) is 0 Å². The van der Waals surface area contributed by atoms with E-state index in [1.807, 2.05) is 32.0 Å². The van der Waals surface area contributed by atoms with Crippen LogP contribution in [0.4, 0.5) is 9.52 Å². The zero-order valence-corrected chi connectivity index (χ0v) is 20.0. The molecule has 4 aromatic rings. The van der Waals surface area contributed by atoms with Crippen LogP contribution in [0.2, 0.25) is 0 Å². The van der Waals surface area contributed by atoms with E-state index in [0.29, 0.717) is 27.5 Å². The second-order valence-electron chi connectivity index (χ2n) is 8.37. The number of carbonyl (C=O) groups excluding carboxylic acids is 2. The number of aliphatic hydroxyl groups excluding tert-OH is 1. The number of hydrogen-bond donors (Lipinski definition) is 1. The first-order valence-corrected chi connectivity index (χ1v) is 11.7. The van der Waals surface area contributed by atoms with Crippen molar-refractivity contribution in [3.05, 3.63) is 94.3 Å². The number of aliphatic hydroxyl groups is 1. The van der Waals surface area contributed by atoms with Gasteiger partial charge in [-0.1, -0.05) is 29.5 Å². The number of hydrogen-bond acceptors (Lipinski definition) is 6. The smallest absolute Gasteiger partial charge is 0.301 e. The highest BCUT2D eigenvalue weighted by Crippen LogP contribution is 2.44. The summed E-state index contributed by atoms with van der Waals surface area (Å²) in [6.07, 6.45) is 0.